The predicted octanol–water partition coefficient (Wildman–Crippen LogP) is 5.02. The Morgan fingerprint density at radius 1 is 0.943 bits per heavy atom. The van der Waals surface area contributed by atoms with Crippen LogP contribution < -0.4 is 15.4 Å². The molecule has 0 spiro atoms. The molecule has 0 aromatic heterocycles. The number of dihydropyridines is 1. The van der Waals surface area contributed by atoms with Gasteiger partial charge in [0.25, 0.3) is 5.91 Å². The molecular weight excluding hydrogens is 440 g/mol. The van der Waals surface area contributed by atoms with Crippen molar-refractivity contribution in [3.63, 3.8) is 0 Å². The minimum atomic E-state index is -0.380. The molecule has 0 radical (unpaired) electrons. The molecule has 180 valence electrons. The van der Waals surface area contributed by atoms with Crippen LogP contribution in [0.3, 0.4) is 0 Å². The Morgan fingerprint density at radius 2 is 1.63 bits per heavy atom. The number of amides is 1. The van der Waals surface area contributed by atoms with Crippen LogP contribution in [-0.2, 0) is 14.4 Å². The van der Waals surface area contributed by atoms with E-state index >= 15 is 0 Å². The highest BCUT2D eigenvalue weighted by Crippen LogP contribution is 2.45. The van der Waals surface area contributed by atoms with Crippen molar-refractivity contribution in [2.45, 2.75) is 58.3 Å². The molecule has 35 heavy (non-hydrogen) atoms. The highest BCUT2D eigenvalue weighted by molar-refractivity contribution is 6.06. The number of ether oxygens (including phenoxy) is 1. The molecule has 0 bridgehead atoms. The third-order valence-corrected chi connectivity index (χ3v) is 7.02. The normalized spacial score (nSPS) is 18.1. The van der Waals surface area contributed by atoms with Crippen molar-refractivity contribution in [1.29, 1.82) is 0 Å². The van der Waals surface area contributed by atoms with E-state index in [1.165, 1.54) is 0 Å². The SMILES string of the molecule is Cc1ccc(C)c(NC(=O)COc2cccc(C3C4=C(CCCC4=O)NC4=C3C(=O)CCC4)c2)c1. The van der Waals surface area contributed by atoms with Crippen molar-refractivity contribution >= 4 is 23.2 Å². The molecule has 6 heteroatoms. The topological polar surface area (TPSA) is 84.5 Å². The second-order valence-corrected chi connectivity index (χ2v) is 9.62. The number of carbonyl (C=O) groups is 3. The fourth-order valence-corrected chi connectivity index (χ4v) is 5.31. The summed E-state index contributed by atoms with van der Waals surface area (Å²) in [5.74, 6) is 0.119. The molecule has 0 atom stereocenters. The summed E-state index contributed by atoms with van der Waals surface area (Å²) >= 11 is 0. The number of benzene rings is 2. The Bertz CT molecular complexity index is 1250. The number of rotatable bonds is 5. The highest BCUT2D eigenvalue weighted by atomic mass is 16.5. The summed E-state index contributed by atoms with van der Waals surface area (Å²) < 4.78 is 5.84. The average Bonchev–Trinajstić information content (AvgIpc) is 2.84. The first-order valence-corrected chi connectivity index (χ1v) is 12.3. The number of anilines is 1. The average molecular weight is 471 g/mol. The first-order chi connectivity index (χ1) is 16.9. The van der Waals surface area contributed by atoms with Gasteiger partial charge in [0.1, 0.15) is 5.75 Å². The lowest BCUT2D eigenvalue weighted by Crippen LogP contribution is -2.36. The molecule has 2 aromatic rings. The van der Waals surface area contributed by atoms with E-state index in [9.17, 15) is 14.4 Å². The van der Waals surface area contributed by atoms with Crippen LogP contribution >= 0.6 is 0 Å². The number of hydrogen-bond donors (Lipinski definition) is 2. The summed E-state index contributed by atoms with van der Waals surface area (Å²) in [4.78, 5) is 38.6. The highest BCUT2D eigenvalue weighted by Gasteiger charge is 2.40. The van der Waals surface area contributed by atoms with E-state index in [0.717, 1.165) is 70.6 Å². The lowest BCUT2D eigenvalue weighted by molar-refractivity contribution is -0.118. The summed E-state index contributed by atoms with van der Waals surface area (Å²) in [7, 11) is 0. The zero-order valence-electron chi connectivity index (χ0n) is 20.2. The van der Waals surface area contributed by atoms with Crippen LogP contribution in [0.5, 0.6) is 5.75 Å². The predicted molar refractivity (Wildman–Crippen MR) is 134 cm³/mol. The van der Waals surface area contributed by atoms with Crippen molar-refractivity contribution in [3.8, 4) is 5.75 Å². The molecule has 2 N–H and O–H groups in total. The molecule has 0 saturated heterocycles. The van der Waals surface area contributed by atoms with Gasteiger partial charge in [0.05, 0.1) is 0 Å². The van der Waals surface area contributed by atoms with Crippen LogP contribution in [0.4, 0.5) is 5.69 Å². The molecule has 1 amide bonds. The zero-order chi connectivity index (χ0) is 24.5. The smallest absolute Gasteiger partial charge is 0.262 e. The monoisotopic (exact) mass is 470 g/mol. The lowest BCUT2D eigenvalue weighted by atomic mass is 9.71. The summed E-state index contributed by atoms with van der Waals surface area (Å²) in [6, 6.07) is 13.4. The number of Topliss-reactive ketones (excluding diaryl/α,β-unsaturated/α-hetero) is 2. The molecule has 2 aromatic carbocycles. The summed E-state index contributed by atoms with van der Waals surface area (Å²) in [6.07, 6.45) is 4.29. The van der Waals surface area contributed by atoms with Crippen molar-refractivity contribution in [2.75, 3.05) is 11.9 Å². The zero-order valence-corrected chi connectivity index (χ0v) is 20.2. The number of allylic oxidation sites excluding steroid dienone is 4. The molecule has 0 fully saturated rings. The largest absolute Gasteiger partial charge is 0.484 e. The van der Waals surface area contributed by atoms with Gasteiger partial charge >= 0.3 is 0 Å². The molecule has 0 saturated carbocycles. The molecular formula is C29H30N2O4. The summed E-state index contributed by atoms with van der Waals surface area (Å²) in [6.45, 7) is 3.79. The first-order valence-electron chi connectivity index (χ1n) is 12.3. The third-order valence-electron chi connectivity index (χ3n) is 7.02. The van der Waals surface area contributed by atoms with E-state index in [2.05, 4.69) is 10.6 Å². The number of hydrogen-bond acceptors (Lipinski definition) is 5. The van der Waals surface area contributed by atoms with Gasteiger partial charge < -0.3 is 15.4 Å². The Morgan fingerprint density at radius 3 is 2.31 bits per heavy atom. The number of ketones is 2. The van der Waals surface area contributed by atoms with E-state index in [0.29, 0.717) is 18.6 Å². The summed E-state index contributed by atoms with van der Waals surface area (Å²) in [5.41, 5.74) is 7.03. The Kier molecular flexibility index (Phi) is 6.29. The fourth-order valence-electron chi connectivity index (χ4n) is 5.31. The standard InChI is InChI=1S/C29H30N2O4/c1-17-12-13-18(2)23(14-17)31-26(34)16-35-20-7-3-6-19(15-20)27-28-21(8-4-10-24(28)32)30-22-9-5-11-25(33)29(22)27/h3,6-7,12-15,27,30H,4-5,8-11,16H2,1-2H3,(H,31,34). The van der Waals surface area contributed by atoms with Gasteiger partial charge in [-0.2, -0.15) is 0 Å². The van der Waals surface area contributed by atoms with Crippen LogP contribution in [0, 0.1) is 13.8 Å². The molecule has 5 rings (SSSR count). The Hall–Kier alpha value is -3.67. The molecule has 0 unspecified atom stereocenters. The van der Waals surface area contributed by atoms with E-state index < -0.39 is 0 Å². The molecule has 2 aliphatic carbocycles. The van der Waals surface area contributed by atoms with Crippen molar-refractivity contribution in [1.82, 2.24) is 5.32 Å². The molecule has 6 nitrogen and oxygen atoms in total. The van der Waals surface area contributed by atoms with E-state index in [-0.39, 0.29) is 30.0 Å². The van der Waals surface area contributed by atoms with E-state index in [4.69, 9.17) is 4.74 Å². The minimum absolute atomic E-state index is 0.105. The summed E-state index contributed by atoms with van der Waals surface area (Å²) in [5, 5.41) is 6.35. The van der Waals surface area contributed by atoms with Crippen LogP contribution in [0.2, 0.25) is 0 Å². The maximum atomic E-state index is 13.0. The van der Waals surface area contributed by atoms with Crippen molar-refractivity contribution < 1.29 is 19.1 Å². The number of carbonyl (C=O) groups excluding carboxylic acids is 3. The van der Waals surface area contributed by atoms with Gasteiger partial charge in [-0.15, -0.1) is 0 Å². The van der Waals surface area contributed by atoms with Crippen molar-refractivity contribution in [3.05, 3.63) is 81.7 Å². The first kappa shape index (κ1) is 23.1. The Labute approximate surface area is 205 Å². The van der Waals surface area contributed by atoms with Gasteiger partial charge in [-0.25, -0.2) is 0 Å². The van der Waals surface area contributed by atoms with Crippen LogP contribution in [0.15, 0.2) is 65.0 Å². The number of nitrogens with one attached hydrogen (secondary N) is 2. The van der Waals surface area contributed by atoms with E-state index in [1.54, 1.807) is 6.07 Å². The van der Waals surface area contributed by atoms with Gasteiger partial charge in [-0.3, -0.25) is 14.4 Å². The van der Waals surface area contributed by atoms with Crippen LogP contribution in [0.1, 0.15) is 61.1 Å². The second-order valence-electron chi connectivity index (χ2n) is 9.62. The van der Waals surface area contributed by atoms with Gasteiger partial charge in [-0.1, -0.05) is 24.3 Å². The maximum Gasteiger partial charge on any atom is 0.262 e. The fraction of sp³-hybridized carbons (Fsp3) is 0.345. The van der Waals surface area contributed by atoms with Crippen LogP contribution in [0.25, 0.3) is 0 Å². The molecule has 1 heterocycles. The van der Waals surface area contributed by atoms with Crippen LogP contribution in [-0.4, -0.2) is 24.1 Å². The van der Waals surface area contributed by atoms with Gasteiger partial charge in [0, 0.05) is 47.0 Å². The van der Waals surface area contributed by atoms with Crippen molar-refractivity contribution in [2.24, 2.45) is 0 Å². The van der Waals surface area contributed by atoms with Gasteiger partial charge in [0.2, 0.25) is 0 Å². The number of aryl methyl sites for hydroxylation is 2. The second kappa shape index (κ2) is 9.53. The maximum absolute atomic E-state index is 13.0. The molecule has 3 aliphatic rings. The van der Waals surface area contributed by atoms with Gasteiger partial charge in [-0.05, 0) is 74.4 Å². The lowest BCUT2D eigenvalue weighted by Gasteiger charge is -2.37. The Balaban J connectivity index is 1.39. The third kappa shape index (κ3) is 4.65. The van der Waals surface area contributed by atoms with E-state index in [1.807, 2.05) is 50.2 Å². The van der Waals surface area contributed by atoms with Gasteiger partial charge in [0.15, 0.2) is 18.2 Å². The quantitative estimate of drug-likeness (QED) is 0.641. The molecule has 1 aliphatic heterocycles. The minimum Gasteiger partial charge on any atom is -0.484 e.